The number of nitrogens with two attached hydrogens (primary N) is 1. The van der Waals surface area contributed by atoms with Crippen molar-refractivity contribution in [2.45, 2.75) is 13.8 Å². The summed E-state index contributed by atoms with van der Waals surface area (Å²) < 4.78 is 0. The highest BCUT2D eigenvalue weighted by Crippen LogP contribution is 2.24. The number of carbonyl (C=O) groups excluding carboxylic acids is 1. The van der Waals surface area contributed by atoms with Gasteiger partial charge < -0.3 is 10.6 Å². The summed E-state index contributed by atoms with van der Waals surface area (Å²) in [5.41, 5.74) is 5.57. The minimum absolute atomic E-state index is 0.0403. The number of carbonyl (C=O) groups is 1. The van der Waals surface area contributed by atoms with Gasteiger partial charge in [0.15, 0.2) is 0 Å². The van der Waals surface area contributed by atoms with E-state index in [-0.39, 0.29) is 11.3 Å². The predicted octanol–water partition coefficient (Wildman–Crippen LogP) is 2.46. The summed E-state index contributed by atoms with van der Waals surface area (Å²) in [5.74, 6) is -0.0403. The van der Waals surface area contributed by atoms with E-state index in [1.807, 2.05) is 19.2 Å². The highest BCUT2D eigenvalue weighted by atomic mass is 35.5. The molecule has 1 aromatic rings. The highest BCUT2D eigenvalue weighted by molar-refractivity contribution is 7.12. The molecule has 0 radical (unpaired) electrons. The van der Waals surface area contributed by atoms with Crippen LogP contribution in [0, 0.1) is 5.41 Å². The molecule has 1 aromatic heterocycles. The zero-order valence-corrected chi connectivity index (χ0v) is 11.4. The molecule has 0 aliphatic rings. The molecule has 0 saturated carbocycles. The second kappa shape index (κ2) is 5.17. The zero-order chi connectivity index (χ0) is 12.3. The molecule has 90 valence electrons. The van der Waals surface area contributed by atoms with Gasteiger partial charge in [0.05, 0.1) is 5.02 Å². The van der Waals surface area contributed by atoms with Gasteiger partial charge in [-0.05, 0) is 23.4 Å². The van der Waals surface area contributed by atoms with Crippen LogP contribution in [0.3, 0.4) is 0 Å². The van der Waals surface area contributed by atoms with Gasteiger partial charge in [-0.25, -0.2) is 0 Å². The van der Waals surface area contributed by atoms with Crippen LogP contribution in [0.5, 0.6) is 0 Å². The Morgan fingerprint density at radius 2 is 2.25 bits per heavy atom. The number of thiophene rings is 1. The first-order valence-corrected chi connectivity index (χ1v) is 6.31. The van der Waals surface area contributed by atoms with Crippen molar-refractivity contribution in [1.29, 1.82) is 0 Å². The third-order valence-corrected chi connectivity index (χ3v) is 3.71. The van der Waals surface area contributed by atoms with E-state index in [2.05, 4.69) is 0 Å². The van der Waals surface area contributed by atoms with Gasteiger partial charge in [-0.3, -0.25) is 4.79 Å². The average molecular weight is 261 g/mol. The Labute approximate surface area is 105 Å². The van der Waals surface area contributed by atoms with Gasteiger partial charge in [0.25, 0.3) is 5.91 Å². The summed E-state index contributed by atoms with van der Waals surface area (Å²) in [6.07, 6.45) is 0. The smallest absolute Gasteiger partial charge is 0.265 e. The lowest BCUT2D eigenvalue weighted by Crippen LogP contribution is -2.39. The molecule has 16 heavy (non-hydrogen) atoms. The predicted molar refractivity (Wildman–Crippen MR) is 69.1 cm³/mol. The molecule has 0 unspecified atom stereocenters. The van der Waals surface area contributed by atoms with Crippen molar-refractivity contribution in [1.82, 2.24) is 4.90 Å². The molecule has 0 atom stereocenters. The molecule has 0 aliphatic heterocycles. The molecule has 0 fully saturated rings. The fraction of sp³-hybridized carbons (Fsp3) is 0.545. The zero-order valence-electron chi connectivity index (χ0n) is 9.79. The fourth-order valence-corrected chi connectivity index (χ4v) is 2.53. The van der Waals surface area contributed by atoms with Crippen molar-refractivity contribution >= 4 is 28.8 Å². The van der Waals surface area contributed by atoms with Crippen LogP contribution >= 0.6 is 22.9 Å². The van der Waals surface area contributed by atoms with E-state index in [4.69, 9.17) is 17.3 Å². The summed E-state index contributed by atoms with van der Waals surface area (Å²) >= 11 is 7.29. The lowest BCUT2D eigenvalue weighted by atomic mass is 9.93. The van der Waals surface area contributed by atoms with Gasteiger partial charge in [0.2, 0.25) is 0 Å². The number of rotatable bonds is 4. The van der Waals surface area contributed by atoms with E-state index in [1.54, 1.807) is 18.0 Å². The lowest BCUT2D eigenvalue weighted by Gasteiger charge is -2.28. The number of amides is 1. The number of hydrogen-bond acceptors (Lipinski definition) is 3. The van der Waals surface area contributed by atoms with Crippen LogP contribution in [0.25, 0.3) is 0 Å². The molecule has 1 heterocycles. The number of nitrogens with zero attached hydrogens (tertiary/aromatic N) is 1. The molecular formula is C11H17ClN2OS. The van der Waals surface area contributed by atoms with Crippen LogP contribution in [0.4, 0.5) is 0 Å². The third-order valence-electron chi connectivity index (χ3n) is 2.38. The molecule has 0 saturated heterocycles. The highest BCUT2D eigenvalue weighted by Gasteiger charge is 2.23. The Balaban J connectivity index is 2.73. The van der Waals surface area contributed by atoms with Crippen molar-refractivity contribution in [3.63, 3.8) is 0 Å². The van der Waals surface area contributed by atoms with Gasteiger partial charge in [-0.15, -0.1) is 11.3 Å². The van der Waals surface area contributed by atoms with E-state index in [1.165, 1.54) is 11.3 Å². The average Bonchev–Trinajstić information content (AvgIpc) is 2.62. The molecule has 0 spiro atoms. The van der Waals surface area contributed by atoms with Crippen molar-refractivity contribution in [3.8, 4) is 0 Å². The van der Waals surface area contributed by atoms with E-state index in [9.17, 15) is 4.79 Å². The molecule has 1 rings (SSSR count). The van der Waals surface area contributed by atoms with Crippen molar-refractivity contribution in [2.75, 3.05) is 20.1 Å². The normalized spacial score (nSPS) is 11.6. The molecule has 0 bridgehead atoms. The van der Waals surface area contributed by atoms with Gasteiger partial charge in [-0.2, -0.15) is 0 Å². The van der Waals surface area contributed by atoms with Crippen LogP contribution in [-0.4, -0.2) is 30.9 Å². The van der Waals surface area contributed by atoms with E-state index in [0.29, 0.717) is 23.0 Å². The Kier molecular flexibility index (Phi) is 4.35. The number of hydrogen-bond donors (Lipinski definition) is 1. The molecular weight excluding hydrogens is 244 g/mol. The fourth-order valence-electron chi connectivity index (χ4n) is 1.40. The first-order valence-electron chi connectivity index (χ1n) is 5.06. The molecule has 5 heteroatoms. The summed E-state index contributed by atoms with van der Waals surface area (Å²) in [7, 11) is 1.77. The van der Waals surface area contributed by atoms with Crippen LogP contribution in [0.15, 0.2) is 11.4 Å². The third kappa shape index (κ3) is 3.20. The van der Waals surface area contributed by atoms with Crippen molar-refractivity contribution < 1.29 is 4.79 Å². The van der Waals surface area contributed by atoms with Crippen LogP contribution in [-0.2, 0) is 0 Å². The first-order chi connectivity index (χ1) is 7.37. The number of halogens is 1. The Hall–Kier alpha value is -0.580. The van der Waals surface area contributed by atoms with Gasteiger partial charge in [0, 0.05) is 13.6 Å². The van der Waals surface area contributed by atoms with Crippen LogP contribution < -0.4 is 5.73 Å². The quantitative estimate of drug-likeness (QED) is 0.904. The molecule has 1 amide bonds. The largest absolute Gasteiger partial charge is 0.340 e. The molecule has 0 aromatic carbocycles. The Morgan fingerprint density at radius 3 is 2.69 bits per heavy atom. The Bertz CT molecular complexity index is 376. The minimum Gasteiger partial charge on any atom is -0.340 e. The van der Waals surface area contributed by atoms with Gasteiger partial charge in [-0.1, -0.05) is 25.4 Å². The van der Waals surface area contributed by atoms with Crippen LogP contribution in [0.1, 0.15) is 23.5 Å². The van der Waals surface area contributed by atoms with Gasteiger partial charge in [0.1, 0.15) is 4.88 Å². The van der Waals surface area contributed by atoms with Crippen LogP contribution in [0.2, 0.25) is 5.02 Å². The maximum Gasteiger partial charge on any atom is 0.265 e. The monoisotopic (exact) mass is 260 g/mol. The van der Waals surface area contributed by atoms with Crippen molar-refractivity contribution in [3.05, 3.63) is 21.3 Å². The second-order valence-corrected chi connectivity index (χ2v) is 5.95. The Morgan fingerprint density at radius 1 is 1.62 bits per heavy atom. The summed E-state index contributed by atoms with van der Waals surface area (Å²) in [6, 6.07) is 1.74. The minimum atomic E-state index is -0.0753. The SMILES string of the molecule is CN(CC(C)(C)CN)C(=O)c1sccc1Cl. The lowest BCUT2D eigenvalue weighted by molar-refractivity contribution is 0.0745. The molecule has 2 N–H and O–H groups in total. The first kappa shape index (κ1) is 13.5. The summed E-state index contributed by atoms with van der Waals surface area (Å²) in [6.45, 7) is 5.24. The second-order valence-electron chi connectivity index (χ2n) is 4.63. The maximum atomic E-state index is 12.0. The van der Waals surface area contributed by atoms with E-state index in [0.717, 1.165) is 0 Å². The molecule has 3 nitrogen and oxygen atoms in total. The standard InChI is InChI=1S/C11H17ClN2OS/c1-11(2,6-13)7-14(3)10(15)9-8(12)4-5-16-9/h4-5H,6-7,13H2,1-3H3. The van der Waals surface area contributed by atoms with E-state index < -0.39 is 0 Å². The summed E-state index contributed by atoms with van der Waals surface area (Å²) in [4.78, 5) is 14.3. The topological polar surface area (TPSA) is 46.3 Å². The summed E-state index contributed by atoms with van der Waals surface area (Å²) in [5, 5.41) is 2.34. The maximum absolute atomic E-state index is 12.0. The molecule has 0 aliphatic carbocycles. The van der Waals surface area contributed by atoms with Crippen molar-refractivity contribution in [2.24, 2.45) is 11.1 Å². The van der Waals surface area contributed by atoms with E-state index >= 15 is 0 Å². The van der Waals surface area contributed by atoms with Gasteiger partial charge >= 0.3 is 0 Å².